The molecule has 2 atom stereocenters. The summed E-state index contributed by atoms with van der Waals surface area (Å²) in [5.74, 6) is -5.82. The van der Waals surface area contributed by atoms with Crippen molar-refractivity contribution in [2.75, 3.05) is 85.1 Å². The third kappa shape index (κ3) is 20.9. The van der Waals surface area contributed by atoms with Crippen molar-refractivity contribution in [2.24, 2.45) is 0 Å². The first-order chi connectivity index (χ1) is 25.1. The van der Waals surface area contributed by atoms with E-state index in [9.17, 15) is 48.9 Å². The van der Waals surface area contributed by atoms with E-state index in [-0.39, 0.29) is 104 Å². The van der Waals surface area contributed by atoms with E-state index in [2.05, 4.69) is 38.5 Å². The Morgan fingerprint density at radius 1 is 0.736 bits per heavy atom. The lowest BCUT2D eigenvalue weighted by molar-refractivity contribution is -0.140. The number of aryl methyl sites for hydroxylation is 1. The van der Waals surface area contributed by atoms with Gasteiger partial charge in [-0.25, -0.2) is 4.39 Å². The molecule has 0 radical (unpaired) electrons. The number of nitrogens with zero attached hydrogens (tertiary/aromatic N) is 4. The van der Waals surface area contributed by atoms with Crippen LogP contribution in [0.5, 0.6) is 0 Å². The Labute approximate surface area is 321 Å². The lowest BCUT2D eigenvalue weighted by Crippen LogP contribution is -2.53. The van der Waals surface area contributed by atoms with Crippen molar-refractivity contribution >= 4 is 64.1 Å². The maximum atomic E-state index is 15.1. The predicted octanol–water partition coefficient (Wildman–Crippen LogP) is -0.529. The number of imide groups is 1. The van der Waals surface area contributed by atoms with Gasteiger partial charge in [-0.15, -0.1) is 0 Å². The fraction of sp³-hybridized carbons (Fsp3) is 0.618. The SMILES string of the molecule is CC(=O)NC(=O)[C@H](CC(F)CCNC(=O)CCCc1ccc(I)cc1)NC(=O)CN1CCN(CC(=O)O)CCN(CC(=O)O)CCN(CC(=O)O)CC1. The lowest BCUT2D eigenvalue weighted by atomic mass is 10.1. The van der Waals surface area contributed by atoms with Crippen molar-refractivity contribution in [3.05, 3.63) is 33.4 Å². The van der Waals surface area contributed by atoms with Crippen LogP contribution in [0.4, 0.5) is 4.39 Å². The van der Waals surface area contributed by atoms with Crippen molar-refractivity contribution in [2.45, 2.75) is 51.2 Å². The summed E-state index contributed by atoms with van der Waals surface area (Å²) in [7, 11) is 0. The molecule has 0 bridgehead atoms. The molecular formula is C34H51FIN7O10. The maximum Gasteiger partial charge on any atom is 0.317 e. The summed E-state index contributed by atoms with van der Waals surface area (Å²) in [5.41, 5.74) is 1.11. The number of nitrogens with one attached hydrogen (secondary N) is 3. The Bertz CT molecular complexity index is 1360. The molecule has 1 unspecified atom stereocenters. The second-order valence-corrected chi connectivity index (χ2v) is 14.1. The fourth-order valence-corrected chi connectivity index (χ4v) is 6.01. The molecule has 0 aromatic heterocycles. The number of halogens is 2. The zero-order chi connectivity index (χ0) is 39.3. The number of aliphatic carboxylic acids is 3. The van der Waals surface area contributed by atoms with Gasteiger partial charge in [0.2, 0.25) is 23.6 Å². The molecule has 0 aliphatic carbocycles. The van der Waals surface area contributed by atoms with Crippen molar-refractivity contribution in [3.8, 4) is 0 Å². The highest BCUT2D eigenvalue weighted by Crippen LogP contribution is 2.11. The van der Waals surface area contributed by atoms with Gasteiger partial charge in [0, 0.05) is 82.2 Å². The van der Waals surface area contributed by atoms with Crippen LogP contribution in [-0.4, -0.2) is 174 Å². The number of benzene rings is 1. The molecule has 0 spiro atoms. The second-order valence-electron chi connectivity index (χ2n) is 12.9. The summed E-state index contributed by atoms with van der Waals surface area (Å²) in [6.07, 6.45) is -0.653. The molecule has 19 heteroatoms. The molecule has 1 aliphatic rings. The molecule has 1 aliphatic heterocycles. The number of rotatable bonds is 19. The molecule has 17 nitrogen and oxygen atoms in total. The molecule has 296 valence electrons. The molecule has 1 saturated heterocycles. The maximum absolute atomic E-state index is 15.1. The third-order valence-corrected chi connectivity index (χ3v) is 9.10. The summed E-state index contributed by atoms with van der Waals surface area (Å²) in [6.45, 7) is 1.22. The minimum absolute atomic E-state index is 0.0000564. The van der Waals surface area contributed by atoms with Gasteiger partial charge in [0.05, 0.1) is 26.2 Å². The van der Waals surface area contributed by atoms with E-state index in [1.165, 1.54) is 0 Å². The van der Waals surface area contributed by atoms with E-state index >= 15 is 4.39 Å². The minimum Gasteiger partial charge on any atom is -0.480 e. The summed E-state index contributed by atoms with van der Waals surface area (Å²) in [4.78, 5) is 91.0. The summed E-state index contributed by atoms with van der Waals surface area (Å²) >= 11 is 2.21. The number of hydrogen-bond donors (Lipinski definition) is 6. The molecule has 2 rings (SSSR count). The van der Waals surface area contributed by atoms with E-state index in [0.717, 1.165) is 16.1 Å². The summed E-state index contributed by atoms with van der Waals surface area (Å²) in [5, 5.41) is 35.4. The van der Waals surface area contributed by atoms with Gasteiger partial charge in [0.1, 0.15) is 12.2 Å². The van der Waals surface area contributed by atoms with Crippen LogP contribution in [0.1, 0.15) is 38.2 Å². The van der Waals surface area contributed by atoms with Gasteiger partial charge in [-0.05, 0) is 59.5 Å². The van der Waals surface area contributed by atoms with E-state index in [0.29, 0.717) is 12.8 Å². The number of carboxylic acid groups (broad SMARTS) is 3. The molecule has 1 fully saturated rings. The molecule has 0 saturated carbocycles. The van der Waals surface area contributed by atoms with Crippen LogP contribution in [0.2, 0.25) is 0 Å². The number of amides is 4. The Balaban J connectivity index is 2.02. The number of carboxylic acids is 3. The minimum atomic E-state index is -1.62. The van der Waals surface area contributed by atoms with Crippen molar-refractivity contribution in [1.29, 1.82) is 0 Å². The van der Waals surface area contributed by atoms with E-state index in [1.54, 1.807) is 19.6 Å². The van der Waals surface area contributed by atoms with Gasteiger partial charge in [0.25, 0.3) is 0 Å². The molecule has 1 heterocycles. The Hall–Kier alpha value is -3.79. The number of carbonyl (C=O) groups is 7. The normalized spacial score (nSPS) is 16.7. The monoisotopic (exact) mass is 863 g/mol. The summed E-state index contributed by atoms with van der Waals surface area (Å²) in [6, 6.07) is 6.54. The van der Waals surface area contributed by atoms with E-state index in [1.807, 2.05) is 24.3 Å². The first kappa shape index (κ1) is 45.4. The quantitative estimate of drug-likeness (QED) is 0.0962. The van der Waals surface area contributed by atoms with Crippen molar-refractivity contribution in [3.63, 3.8) is 0 Å². The standard InChI is InChI=1S/C34H51FIN7O10/c1-24(44)38-34(53)28(19-26(35)9-10-37-29(45)4-2-3-25-5-7-27(36)8-6-25)39-30(46)20-40-11-13-41(21-31(47)48)15-17-43(23-33(51)52)18-16-42(14-12-40)22-32(49)50/h5-8,26,28H,2-4,9-23H2,1H3,(H,37,45)(H,39,46)(H,47,48)(H,49,50)(H,51,52)(H,38,44,53)/t26?,28-/m0/s1. The number of hydrogen-bond acceptors (Lipinski definition) is 11. The Morgan fingerprint density at radius 2 is 1.19 bits per heavy atom. The average molecular weight is 864 g/mol. The lowest BCUT2D eigenvalue weighted by Gasteiger charge is -2.33. The van der Waals surface area contributed by atoms with Gasteiger partial charge in [0.15, 0.2) is 0 Å². The van der Waals surface area contributed by atoms with Gasteiger partial charge >= 0.3 is 17.9 Å². The van der Waals surface area contributed by atoms with Gasteiger partial charge < -0.3 is 26.0 Å². The van der Waals surface area contributed by atoms with Gasteiger partial charge in [-0.3, -0.25) is 58.5 Å². The molecule has 4 amide bonds. The molecule has 1 aromatic rings. The van der Waals surface area contributed by atoms with E-state index < -0.39 is 54.3 Å². The van der Waals surface area contributed by atoms with Crippen LogP contribution in [0.3, 0.4) is 0 Å². The fourth-order valence-electron chi connectivity index (χ4n) is 5.65. The van der Waals surface area contributed by atoms with Crippen molar-refractivity contribution in [1.82, 2.24) is 35.6 Å². The number of alkyl halides is 1. The first-order valence-electron chi connectivity index (χ1n) is 17.4. The average Bonchev–Trinajstić information content (AvgIpc) is 3.05. The second kappa shape index (κ2) is 24.5. The van der Waals surface area contributed by atoms with Crippen molar-refractivity contribution < 1.29 is 53.3 Å². The molecule has 1 aromatic carbocycles. The zero-order valence-corrected chi connectivity index (χ0v) is 32.1. The third-order valence-electron chi connectivity index (χ3n) is 8.38. The van der Waals surface area contributed by atoms with E-state index in [4.69, 9.17) is 0 Å². The largest absolute Gasteiger partial charge is 0.480 e. The number of carbonyl (C=O) groups excluding carboxylic acids is 4. The molecule has 6 N–H and O–H groups in total. The Morgan fingerprint density at radius 3 is 1.62 bits per heavy atom. The van der Waals surface area contributed by atoms with Gasteiger partial charge in [-0.2, -0.15) is 0 Å². The smallest absolute Gasteiger partial charge is 0.317 e. The van der Waals surface area contributed by atoms with Crippen LogP contribution in [0.15, 0.2) is 24.3 Å². The molecule has 53 heavy (non-hydrogen) atoms. The summed E-state index contributed by atoms with van der Waals surface area (Å²) < 4.78 is 16.3. The van der Waals surface area contributed by atoms with Crippen LogP contribution >= 0.6 is 22.6 Å². The zero-order valence-electron chi connectivity index (χ0n) is 29.9. The van der Waals surface area contributed by atoms with Crippen LogP contribution < -0.4 is 16.0 Å². The predicted molar refractivity (Wildman–Crippen MR) is 199 cm³/mol. The Kier molecular flexibility index (Phi) is 21.0. The van der Waals surface area contributed by atoms with Gasteiger partial charge in [-0.1, -0.05) is 12.1 Å². The highest BCUT2D eigenvalue weighted by atomic mass is 127. The topological polar surface area (TPSA) is 229 Å². The highest BCUT2D eigenvalue weighted by Gasteiger charge is 2.27. The molecular weight excluding hydrogens is 812 g/mol. The first-order valence-corrected chi connectivity index (χ1v) is 18.5. The van der Waals surface area contributed by atoms with Crippen LogP contribution in [-0.2, 0) is 40.0 Å². The van der Waals surface area contributed by atoms with Crippen LogP contribution in [0, 0.1) is 3.57 Å². The highest BCUT2D eigenvalue weighted by molar-refractivity contribution is 14.1. The van der Waals surface area contributed by atoms with Crippen LogP contribution in [0.25, 0.3) is 0 Å².